The summed E-state index contributed by atoms with van der Waals surface area (Å²) in [7, 11) is 1.70. The predicted molar refractivity (Wildman–Crippen MR) is 51.7 cm³/mol. The summed E-state index contributed by atoms with van der Waals surface area (Å²) in [6.07, 6.45) is 0. The van der Waals surface area contributed by atoms with Crippen LogP contribution in [0.2, 0.25) is 0 Å². The van der Waals surface area contributed by atoms with Crippen molar-refractivity contribution in [2.75, 3.05) is 7.05 Å². The van der Waals surface area contributed by atoms with E-state index in [-0.39, 0.29) is 4.90 Å². The third-order valence-electron chi connectivity index (χ3n) is 1.69. The highest BCUT2D eigenvalue weighted by Gasteiger charge is 2.03. The Morgan fingerprint density at radius 1 is 1.54 bits per heavy atom. The lowest BCUT2D eigenvalue weighted by molar-refractivity contribution is 0.537. The first-order valence-electron chi connectivity index (χ1n) is 3.72. The molecule has 0 bridgehead atoms. The zero-order valence-corrected chi connectivity index (χ0v) is 8.06. The van der Waals surface area contributed by atoms with E-state index in [1.54, 1.807) is 31.3 Å². The molecule has 1 rings (SSSR count). The van der Waals surface area contributed by atoms with Gasteiger partial charge in [0, 0.05) is 23.2 Å². The van der Waals surface area contributed by atoms with Crippen molar-refractivity contribution >= 4 is 16.8 Å². The van der Waals surface area contributed by atoms with Crippen molar-refractivity contribution < 1.29 is 8.76 Å². The van der Waals surface area contributed by atoms with Crippen molar-refractivity contribution in [1.82, 2.24) is 5.32 Å². The molecule has 0 heterocycles. The average Bonchev–Trinajstić information content (AvgIpc) is 2.16. The van der Waals surface area contributed by atoms with Crippen molar-refractivity contribution in [2.24, 2.45) is 0 Å². The molecule has 0 saturated heterocycles. The van der Waals surface area contributed by atoms with Gasteiger partial charge in [-0.15, -0.1) is 0 Å². The molecule has 0 radical (unpaired) electrons. The molecule has 0 fully saturated rings. The number of hydrogen-bond acceptors (Lipinski definition) is 3. The molecule has 4 heteroatoms. The highest BCUT2D eigenvalue weighted by atomic mass is 32.2. The highest BCUT2D eigenvalue weighted by Crippen LogP contribution is 2.17. The van der Waals surface area contributed by atoms with Crippen LogP contribution in [-0.4, -0.2) is 15.8 Å². The molecule has 0 aliphatic rings. The SMILES string of the molecule is C=C(NC)c1ccccc1S(=O)[O-]. The summed E-state index contributed by atoms with van der Waals surface area (Å²) in [5.41, 5.74) is 1.21. The van der Waals surface area contributed by atoms with Crippen LogP contribution in [0.4, 0.5) is 0 Å². The van der Waals surface area contributed by atoms with Crippen LogP contribution in [0, 0.1) is 0 Å². The summed E-state index contributed by atoms with van der Waals surface area (Å²) >= 11 is -2.21. The topological polar surface area (TPSA) is 52.2 Å². The van der Waals surface area contributed by atoms with Gasteiger partial charge in [0.25, 0.3) is 0 Å². The van der Waals surface area contributed by atoms with Crippen LogP contribution in [-0.2, 0) is 11.1 Å². The first kappa shape index (κ1) is 9.95. The van der Waals surface area contributed by atoms with Gasteiger partial charge in [-0.3, -0.25) is 4.21 Å². The molecule has 1 N–H and O–H groups in total. The van der Waals surface area contributed by atoms with E-state index in [2.05, 4.69) is 11.9 Å². The third kappa shape index (κ3) is 2.17. The number of hydrogen-bond donors (Lipinski definition) is 1. The Morgan fingerprint density at radius 3 is 2.69 bits per heavy atom. The van der Waals surface area contributed by atoms with E-state index >= 15 is 0 Å². The lowest BCUT2D eigenvalue weighted by Crippen LogP contribution is -2.06. The number of benzene rings is 1. The third-order valence-corrected chi connectivity index (χ3v) is 2.41. The van der Waals surface area contributed by atoms with Gasteiger partial charge in [0.2, 0.25) is 0 Å². The van der Waals surface area contributed by atoms with E-state index in [4.69, 9.17) is 0 Å². The van der Waals surface area contributed by atoms with Crippen LogP contribution < -0.4 is 5.32 Å². The Bertz CT molecular complexity index is 349. The van der Waals surface area contributed by atoms with Crippen molar-refractivity contribution in [1.29, 1.82) is 0 Å². The Hall–Kier alpha value is -1.13. The second-order valence-corrected chi connectivity index (χ2v) is 3.37. The van der Waals surface area contributed by atoms with Gasteiger partial charge in [-0.25, -0.2) is 0 Å². The van der Waals surface area contributed by atoms with Crippen LogP contribution in [0.5, 0.6) is 0 Å². The molecule has 70 valence electrons. The summed E-state index contributed by atoms with van der Waals surface area (Å²) in [5.74, 6) is 0. The Labute approximate surface area is 79.8 Å². The molecule has 0 spiro atoms. The maximum Gasteiger partial charge on any atom is 0.0350 e. The maximum absolute atomic E-state index is 10.8. The van der Waals surface area contributed by atoms with E-state index in [1.165, 1.54) is 0 Å². The molecule has 1 aromatic rings. The van der Waals surface area contributed by atoms with Crippen molar-refractivity contribution in [2.45, 2.75) is 4.90 Å². The minimum Gasteiger partial charge on any atom is -0.768 e. The highest BCUT2D eigenvalue weighted by molar-refractivity contribution is 7.79. The minimum absolute atomic E-state index is 0.266. The van der Waals surface area contributed by atoms with Crippen molar-refractivity contribution in [3.63, 3.8) is 0 Å². The second kappa shape index (κ2) is 4.20. The summed E-state index contributed by atoms with van der Waals surface area (Å²) in [4.78, 5) is 0.266. The van der Waals surface area contributed by atoms with Crippen LogP contribution in [0.15, 0.2) is 35.7 Å². The largest absolute Gasteiger partial charge is 0.768 e. The monoisotopic (exact) mass is 196 g/mol. The zero-order valence-electron chi connectivity index (χ0n) is 7.24. The first-order valence-corrected chi connectivity index (χ1v) is 4.79. The fourth-order valence-corrected chi connectivity index (χ4v) is 1.56. The Kier molecular flexibility index (Phi) is 3.22. The van der Waals surface area contributed by atoms with Gasteiger partial charge >= 0.3 is 0 Å². The summed E-state index contributed by atoms with van der Waals surface area (Å²) in [6, 6.07) is 6.71. The van der Waals surface area contributed by atoms with E-state index in [0.717, 1.165) is 0 Å². The van der Waals surface area contributed by atoms with Crippen LogP contribution >= 0.6 is 0 Å². The lowest BCUT2D eigenvalue weighted by Gasteiger charge is -2.12. The zero-order chi connectivity index (χ0) is 9.84. The molecule has 3 nitrogen and oxygen atoms in total. The van der Waals surface area contributed by atoms with Gasteiger partial charge in [0.15, 0.2) is 0 Å². The Morgan fingerprint density at radius 2 is 2.15 bits per heavy atom. The average molecular weight is 196 g/mol. The normalized spacial score (nSPS) is 12.2. The quantitative estimate of drug-likeness (QED) is 0.737. The second-order valence-electron chi connectivity index (χ2n) is 2.46. The molecule has 1 atom stereocenters. The maximum atomic E-state index is 10.8. The molecule has 0 aliphatic heterocycles. The Balaban J connectivity index is 3.19. The molecule has 1 unspecified atom stereocenters. The number of rotatable bonds is 3. The molecule has 1 aromatic carbocycles. The van der Waals surface area contributed by atoms with Crippen molar-refractivity contribution in [3.8, 4) is 0 Å². The van der Waals surface area contributed by atoms with Crippen LogP contribution in [0.1, 0.15) is 5.56 Å². The fourth-order valence-electron chi connectivity index (χ4n) is 0.996. The summed E-state index contributed by atoms with van der Waals surface area (Å²) in [6.45, 7) is 3.70. The van der Waals surface area contributed by atoms with Gasteiger partial charge in [-0.1, -0.05) is 24.8 Å². The van der Waals surface area contributed by atoms with E-state index in [0.29, 0.717) is 11.3 Å². The molecule has 13 heavy (non-hydrogen) atoms. The standard InChI is InChI=1S/C9H11NO2S/c1-7(10-2)8-5-3-4-6-9(8)13(11)12/h3-6,10H,1H2,2H3,(H,11,12)/p-1. The predicted octanol–water partition coefficient (Wildman–Crippen LogP) is 1.11. The summed E-state index contributed by atoms with van der Waals surface area (Å²) < 4.78 is 21.5. The first-order chi connectivity index (χ1) is 6.16. The molecule has 0 saturated carbocycles. The fraction of sp³-hybridized carbons (Fsp3) is 0.111. The van der Waals surface area contributed by atoms with E-state index in [1.807, 2.05) is 0 Å². The molecular formula is C9H10NO2S-. The van der Waals surface area contributed by atoms with Gasteiger partial charge in [0.1, 0.15) is 0 Å². The van der Waals surface area contributed by atoms with Gasteiger partial charge in [-0.05, 0) is 17.1 Å². The lowest BCUT2D eigenvalue weighted by atomic mass is 10.2. The molecule has 0 amide bonds. The van der Waals surface area contributed by atoms with Gasteiger partial charge in [-0.2, -0.15) is 0 Å². The van der Waals surface area contributed by atoms with E-state index in [9.17, 15) is 8.76 Å². The van der Waals surface area contributed by atoms with E-state index < -0.39 is 11.1 Å². The molecule has 0 aliphatic carbocycles. The summed E-state index contributed by atoms with van der Waals surface area (Å²) in [5, 5.41) is 2.81. The van der Waals surface area contributed by atoms with Gasteiger partial charge < -0.3 is 9.87 Å². The molecular weight excluding hydrogens is 186 g/mol. The van der Waals surface area contributed by atoms with Crippen molar-refractivity contribution in [3.05, 3.63) is 36.4 Å². The van der Waals surface area contributed by atoms with Crippen LogP contribution in [0.25, 0.3) is 5.70 Å². The number of nitrogens with one attached hydrogen (secondary N) is 1. The van der Waals surface area contributed by atoms with Crippen LogP contribution in [0.3, 0.4) is 0 Å². The minimum atomic E-state index is -2.21. The van der Waals surface area contributed by atoms with Gasteiger partial charge in [0.05, 0.1) is 0 Å². The molecule has 0 aromatic heterocycles. The smallest absolute Gasteiger partial charge is 0.0350 e.